The monoisotopic (exact) mass is 479 g/mol. The summed E-state index contributed by atoms with van der Waals surface area (Å²) in [5, 5.41) is 15.0. The average molecular weight is 480 g/mol. The third-order valence-electron chi connectivity index (χ3n) is 6.63. The Morgan fingerprint density at radius 1 is 1.15 bits per heavy atom. The van der Waals surface area contributed by atoms with Crippen LogP contribution < -0.4 is 5.32 Å². The smallest absolute Gasteiger partial charge is 0.245 e. The van der Waals surface area contributed by atoms with E-state index in [1.807, 2.05) is 39.8 Å². The quantitative estimate of drug-likeness (QED) is 0.599. The first kappa shape index (κ1) is 27.1. The number of hydrogen-bond acceptors (Lipinski definition) is 4. The fraction of sp³-hybridized carbons (Fsp3) is 0.640. The van der Waals surface area contributed by atoms with Crippen molar-refractivity contribution in [3.8, 4) is 0 Å². The van der Waals surface area contributed by atoms with Crippen LogP contribution in [0, 0.1) is 11.3 Å². The van der Waals surface area contributed by atoms with Crippen LogP contribution in [-0.2, 0) is 20.0 Å². The molecule has 0 radical (unpaired) electrons. The summed E-state index contributed by atoms with van der Waals surface area (Å²) < 4.78 is 0. The zero-order chi connectivity index (χ0) is 25.0. The summed E-state index contributed by atoms with van der Waals surface area (Å²) in [5.74, 6) is -0.496. The number of nitrogens with zero attached hydrogens (tertiary/aromatic N) is 2. The van der Waals surface area contributed by atoms with Gasteiger partial charge in [-0.15, -0.1) is 0 Å². The van der Waals surface area contributed by atoms with Gasteiger partial charge in [0.05, 0.1) is 5.60 Å². The number of piperidine rings is 1. The zero-order valence-corrected chi connectivity index (χ0v) is 21.4. The lowest BCUT2D eigenvalue weighted by atomic mass is 9.66. The van der Waals surface area contributed by atoms with Crippen LogP contribution in [0.4, 0.5) is 0 Å². The van der Waals surface area contributed by atoms with Gasteiger partial charge in [-0.2, -0.15) is 0 Å². The number of likely N-dealkylation sites (tertiary alicyclic amines) is 1. The van der Waals surface area contributed by atoms with Gasteiger partial charge in [0.15, 0.2) is 0 Å². The van der Waals surface area contributed by atoms with Gasteiger partial charge in [-0.05, 0) is 36.5 Å². The van der Waals surface area contributed by atoms with Gasteiger partial charge in [-0.25, -0.2) is 0 Å². The van der Waals surface area contributed by atoms with Crippen molar-refractivity contribution in [3.63, 3.8) is 0 Å². The van der Waals surface area contributed by atoms with Crippen molar-refractivity contribution >= 4 is 29.3 Å². The largest absolute Gasteiger partial charge is 0.384 e. The van der Waals surface area contributed by atoms with E-state index in [1.54, 1.807) is 31.1 Å². The minimum atomic E-state index is -1.09. The van der Waals surface area contributed by atoms with Gasteiger partial charge in [0.2, 0.25) is 17.7 Å². The van der Waals surface area contributed by atoms with Gasteiger partial charge >= 0.3 is 0 Å². The zero-order valence-electron chi connectivity index (χ0n) is 20.7. The second kappa shape index (κ2) is 10.9. The highest BCUT2D eigenvalue weighted by atomic mass is 35.5. The summed E-state index contributed by atoms with van der Waals surface area (Å²) >= 11 is 6.01. The molecule has 0 bridgehead atoms. The fourth-order valence-corrected chi connectivity index (χ4v) is 4.48. The molecule has 1 saturated heterocycles. The van der Waals surface area contributed by atoms with E-state index in [0.29, 0.717) is 37.4 Å². The summed E-state index contributed by atoms with van der Waals surface area (Å²) in [6.45, 7) is 8.45. The third-order valence-corrected chi connectivity index (χ3v) is 6.88. The van der Waals surface area contributed by atoms with Crippen LogP contribution in [0.2, 0.25) is 5.02 Å². The van der Waals surface area contributed by atoms with Crippen molar-refractivity contribution in [2.75, 3.05) is 27.2 Å². The molecule has 2 rings (SSSR count). The fourth-order valence-electron chi connectivity index (χ4n) is 4.35. The molecule has 1 aliphatic rings. The van der Waals surface area contributed by atoms with Gasteiger partial charge in [-0.3, -0.25) is 14.4 Å². The Kier molecular flexibility index (Phi) is 8.94. The molecule has 3 amide bonds. The first-order chi connectivity index (χ1) is 15.3. The van der Waals surface area contributed by atoms with Crippen molar-refractivity contribution in [2.24, 2.45) is 11.3 Å². The Labute approximate surface area is 202 Å². The second-order valence-electron chi connectivity index (χ2n) is 10.2. The molecule has 0 unspecified atom stereocenters. The Balaban J connectivity index is 2.05. The summed E-state index contributed by atoms with van der Waals surface area (Å²) in [5.41, 5.74) is -0.915. The number of aliphatic hydroxyl groups is 1. The highest BCUT2D eigenvalue weighted by Crippen LogP contribution is 2.46. The van der Waals surface area contributed by atoms with Gasteiger partial charge < -0.3 is 20.2 Å². The lowest BCUT2D eigenvalue weighted by Gasteiger charge is -2.51. The maximum absolute atomic E-state index is 13.4. The SMILES string of the molecule is CC(C)[C@@H](NC(=O)CCCC(=O)N(C)C)C(=O)N1CC[C@](O)(c2ccc(Cl)cc2)C(C)(C)C1. The number of carbonyl (C=O) groups is 3. The molecule has 0 aliphatic carbocycles. The molecule has 1 aromatic carbocycles. The highest BCUT2D eigenvalue weighted by Gasteiger charge is 2.50. The van der Waals surface area contributed by atoms with E-state index in [1.165, 1.54) is 4.90 Å². The van der Waals surface area contributed by atoms with E-state index < -0.39 is 17.1 Å². The Hall–Kier alpha value is -2.12. The topological polar surface area (TPSA) is 90.0 Å². The van der Waals surface area contributed by atoms with E-state index in [0.717, 1.165) is 5.56 Å². The van der Waals surface area contributed by atoms with Crippen LogP contribution >= 0.6 is 11.6 Å². The molecule has 2 N–H and O–H groups in total. The molecule has 0 spiro atoms. The van der Waals surface area contributed by atoms with Crippen LogP contribution in [-0.4, -0.2) is 65.9 Å². The molecule has 1 heterocycles. The molecule has 0 saturated carbocycles. The molecule has 8 heteroatoms. The summed E-state index contributed by atoms with van der Waals surface area (Å²) in [6.07, 6.45) is 1.31. The number of hydrogen-bond donors (Lipinski definition) is 2. The average Bonchev–Trinajstić information content (AvgIpc) is 2.73. The maximum atomic E-state index is 13.4. The van der Waals surface area contributed by atoms with Gasteiger partial charge in [0.1, 0.15) is 6.04 Å². The maximum Gasteiger partial charge on any atom is 0.245 e. The molecular weight excluding hydrogens is 442 g/mol. The summed E-state index contributed by atoms with van der Waals surface area (Å²) in [4.78, 5) is 40.8. The Morgan fingerprint density at radius 3 is 2.27 bits per heavy atom. The number of halogens is 1. The molecular formula is C25H38ClN3O4. The van der Waals surface area contributed by atoms with Crippen LogP contribution in [0.25, 0.3) is 0 Å². The van der Waals surface area contributed by atoms with E-state index in [4.69, 9.17) is 11.6 Å². The van der Waals surface area contributed by atoms with Crippen LogP contribution in [0.1, 0.15) is 58.9 Å². The van der Waals surface area contributed by atoms with Crippen LogP contribution in [0.5, 0.6) is 0 Å². The normalized spacial score (nSPS) is 20.9. The molecule has 33 heavy (non-hydrogen) atoms. The Bertz CT molecular complexity index is 854. The van der Waals surface area contributed by atoms with Gasteiger partial charge in [0, 0.05) is 50.5 Å². The molecule has 1 aliphatic heterocycles. The first-order valence-corrected chi connectivity index (χ1v) is 11.9. The van der Waals surface area contributed by atoms with E-state index in [-0.39, 0.29) is 30.1 Å². The van der Waals surface area contributed by atoms with Gasteiger partial charge in [-0.1, -0.05) is 51.4 Å². The van der Waals surface area contributed by atoms with E-state index in [9.17, 15) is 19.5 Å². The summed E-state index contributed by atoms with van der Waals surface area (Å²) in [6, 6.07) is 6.54. The van der Waals surface area contributed by atoms with Crippen molar-refractivity contribution < 1.29 is 19.5 Å². The van der Waals surface area contributed by atoms with Crippen molar-refractivity contribution in [1.82, 2.24) is 15.1 Å². The van der Waals surface area contributed by atoms with Crippen LogP contribution in [0.3, 0.4) is 0 Å². The lowest BCUT2D eigenvalue weighted by Crippen LogP contribution is -2.60. The predicted molar refractivity (Wildman–Crippen MR) is 130 cm³/mol. The highest BCUT2D eigenvalue weighted by molar-refractivity contribution is 6.30. The summed E-state index contributed by atoms with van der Waals surface area (Å²) in [7, 11) is 3.37. The molecule has 7 nitrogen and oxygen atoms in total. The molecule has 184 valence electrons. The van der Waals surface area contributed by atoms with Crippen molar-refractivity contribution in [2.45, 2.75) is 65.0 Å². The molecule has 1 aromatic rings. The van der Waals surface area contributed by atoms with E-state index in [2.05, 4.69) is 5.32 Å². The van der Waals surface area contributed by atoms with Gasteiger partial charge in [0.25, 0.3) is 0 Å². The van der Waals surface area contributed by atoms with E-state index >= 15 is 0 Å². The van der Waals surface area contributed by atoms with Crippen molar-refractivity contribution in [3.05, 3.63) is 34.9 Å². The third kappa shape index (κ3) is 6.48. The minimum absolute atomic E-state index is 0.0250. The number of carbonyl (C=O) groups excluding carboxylic acids is 3. The second-order valence-corrected chi connectivity index (χ2v) is 10.6. The Morgan fingerprint density at radius 2 is 1.76 bits per heavy atom. The minimum Gasteiger partial charge on any atom is -0.384 e. The number of benzene rings is 1. The molecule has 0 aromatic heterocycles. The molecule has 1 fully saturated rings. The predicted octanol–water partition coefficient (Wildman–Crippen LogP) is 3.19. The van der Waals surface area contributed by atoms with Crippen LogP contribution in [0.15, 0.2) is 24.3 Å². The number of amides is 3. The first-order valence-electron chi connectivity index (χ1n) is 11.6. The lowest BCUT2D eigenvalue weighted by molar-refractivity contribution is -0.156. The van der Waals surface area contributed by atoms with Crippen molar-refractivity contribution in [1.29, 1.82) is 0 Å². The number of nitrogens with one attached hydrogen (secondary N) is 1. The standard InChI is InChI=1S/C25H38ClN3O4/c1-17(2)22(27-20(30)8-7-9-21(31)28(5)6)23(32)29-15-14-25(33,24(3,4)16-29)18-10-12-19(26)13-11-18/h10-13,17,22,33H,7-9,14-16H2,1-6H3,(H,27,30)/t22-,25+/m1/s1. The molecule has 2 atom stereocenters. The number of rotatable bonds is 8.